The predicted molar refractivity (Wildman–Crippen MR) is 65.0 cm³/mol. The molecule has 1 N–H and O–H groups in total. The van der Waals surface area contributed by atoms with Crippen LogP contribution in [0.2, 0.25) is 0 Å². The average Bonchev–Trinajstić information content (AvgIpc) is 2.50. The lowest BCUT2D eigenvalue weighted by Crippen LogP contribution is -2.39. The Hall–Kier alpha value is -0.0800. The molecule has 0 unspecified atom stereocenters. The summed E-state index contributed by atoms with van der Waals surface area (Å²) in [5.41, 5.74) is -0.368. The molecule has 0 aromatic rings. The summed E-state index contributed by atoms with van der Waals surface area (Å²) in [5, 5.41) is 10.2. The SMILES string of the molecule is CC(C)CCCN(C)CC1(O)CCCC1. The van der Waals surface area contributed by atoms with Crippen LogP contribution in [0.4, 0.5) is 0 Å². The Bertz CT molecular complexity index is 173. The quantitative estimate of drug-likeness (QED) is 0.733. The smallest absolute Gasteiger partial charge is 0.0774 e. The van der Waals surface area contributed by atoms with E-state index in [2.05, 4.69) is 25.8 Å². The molecule has 1 aliphatic carbocycles. The average molecular weight is 213 g/mol. The molecular formula is C13H27NO. The molecule has 1 saturated carbocycles. The van der Waals surface area contributed by atoms with Crippen LogP contribution >= 0.6 is 0 Å². The van der Waals surface area contributed by atoms with Crippen molar-refractivity contribution in [2.45, 2.75) is 58.0 Å². The maximum atomic E-state index is 10.2. The minimum atomic E-state index is -0.368. The van der Waals surface area contributed by atoms with E-state index in [1.54, 1.807) is 0 Å². The zero-order chi connectivity index (χ0) is 11.3. The Morgan fingerprint density at radius 2 is 1.87 bits per heavy atom. The minimum Gasteiger partial charge on any atom is -0.389 e. The van der Waals surface area contributed by atoms with Crippen LogP contribution < -0.4 is 0 Å². The molecule has 0 bridgehead atoms. The lowest BCUT2D eigenvalue weighted by molar-refractivity contribution is 0.0159. The van der Waals surface area contributed by atoms with Crippen LogP contribution in [0.5, 0.6) is 0 Å². The van der Waals surface area contributed by atoms with Crippen LogP contribution in [0.15, 0.2) is 0 Å². The van der Waals surface area contributed by atoms with Gasteiger partial charge in [0.15, 0.2) is 0 Å². The summed E-state index contributed by atoms with van der Waals surface area (Å²) >= 11 is 0. The monoisotopic (exact) mass is 213 g/mol. The molecule has 0 aromatic heterocycles. The van der Waals surface area contributed by atoms with Crippen molar-refractivity contribution in [2.24, 2.45) is 5.92 Å². The number of aliphatic hydroxyl groups is 1. The molecule has 1 fully saturated rings. The van der Waals surface area contributed by atoms with Crippen molar-refractivity contribution < 1.29 is 5.11 Å². The first-order valence-electron chi connectivity index (χ1n) is 6.43. The molecule has 2 heteroatoms. The van der Waals surface area contributed by atoms with Crippen molar-refractivity contribution in [3.8, 4) is 0 Å². The van der Waals surface area contributed by atoms with E-state index in [1.807, 2.05) is 0 Å². The van der Waals surface area contributed by atoms with Crippen LogP contribution in [-0.4, -0.2) is 35.7 Å². The van der Waals surface area contributed by atoms with Gasteiger partial charge in [-0.3, -0.25) is 0 Å². The number of nitrogens with zero attached hydrogens (tertiary/aromatic N) is 1. The summed E-state index contributed by atoms with van der Waals surface area (Å²) in [6.07, 6.45) is 6.96. The van der Waals surface area contributed by atoms with Gasteiger partial charge in [-0.25, -0.2) is 0 Å². The van der Waals surface area contributed by atoms with E-state index in [0.29, 0.717) is 0 Å². The lowest BCUT2D eigenvalue weighted by Gasteiger charge is -2.28. The highest BCUT2D eigenvalue weighted by molar-refractivity contribution is 4.86. The highest BCUT2D eigenvalue weighted by Crippen LogP contribution is 2.29. The molecule has 1 aliphatic rings. The van der Waals surface area contributed by atoms with Crippen molar-refractivity contribution in [3.05, 3.63) is 0 Å². The second kappa shape index (κ2) is 5.86. The molecule has 90 valence electrons. The highest BCUT2D eigenvalue weighted by Gasteiger charge is 2.31. The summed E-state index contributed by atoms with van der Waals surface area (Å²) in [6, 6.07) is 0. The topological polar surface area (TPSA) is 23.5 Å². The molecule has 0 saturated heterocycles. The molecule has 0 aromatic carbocycles. The van der Waals surface area contributed by atoms with Crippen LogP contribution in [0.25, 0.3) is 0 Å². The third-order valence-electron chi connectivity index (χ3n) is 3.42. The Labute approximate surface area is 94.7 Å². The molecule has 0 aliphatic heterocycles. The van der Waals surface area contributed by atoms with Gasteiger partial charge in [0.25, 0.3) is 0 Å². The van der Waals surface area contributed by atoms with Crippen molar-refractivity contribution in [1.29, 1.82) is 0 Å². The van der Waals surface area contributed by atoms with Crippen molar-refractivity contribution >= 4 is 0 Å². The van der Waals surface area contributed by atoms with E-state index in [9.17, 15) is 5.11 Å². The van der Waals surface area contributed by atoms with Gasteiger partial charge in [-0.15, -0.1) is 0 Å². The van der Waals surface area contributed by atoms with Gasteiger partial charge in [-0.2, -0.15) is 0 Å². The van der Waals surface area contributed by atoms with E-state index >= 15 is 0 Å². The molecule has 1 rings (SSSR count). The molecule has 0 amide bonds. The summed E-state index contributed by atoms with van der Waals surface area (Å²) in [6.45, 7) is 6.53. The standard InChI is InChI=1S/C13H27NO/c1-12(2)7-6-10-14(3)11-13(15)8-4-5-9-13/h12,15H,4-11H2,1-3H3. The summed E-state index contributed by atoms with van der Waals surface area (Å²) < 4.78 is 0. The highest BCUT2D eigenvalue weighted by atomic mass is 16.3. The van der Waals surface area contributed by atoms with E-state index < -0.39 is 0 Å². The third kappa shape index (κ3) is 4.98. The fourth-order valence-corrected chi connectivity index (χ4v) is 2.54. The van der Waals surface area contributed by atoms with Gasteiger partial charge >= 0.3 is 0 Å². The zero-order valence-electron chi connectivity index (χ0n) is 10.6. The van der Waals surface area contributed by atoms with E-state index in [1.165, 1.54) is 25.7 Å². The second-order valence-corrected chi connectivity index (χ2v) is 5.71. The number of hydrogen-bond acceptors (Lipinski definition) is 2. The maximum absolute atomic E-state index is 10.2. The molecule has 15 heavy (non-hydrogen) atoms. The van der Waals surface area contributed by atoms with Crippen LogP contribution in [0, 0.1) is 5.92 Å². The summed E-state index contributed by atoms with van der Waals surface area (Å²) in [7, 11) is 2.14. The van der Waals surface area contributed by atoms with Crippen molar-refractivity contribution in [1.82, 2.24) is 4.90 Å². The number of likely N-dealkylation sites (N-methyl/N-ethyl adjacent to an activating group) is 1. The summed E-state index contributed by atoms with van der Waals surface area (Å²) in [4.78, 5) is 2.30. The molecule has 0 radical (unpaired) electrons. The van der Waals surface area contributed by atoms with Crippen LogP contribution in [0.1, 0.15) is 52.4 Å². The Kier molecular flexibility index (Phi) is 5.07. The molecule has 0 heterocycles. The van der Waals surface area contributed by atoms with Gasteiger partial charge < -0.3 is 10.0 Å². The van der Waals surface area contributed by atoms with Gasteiger partial charge in [-0.1, -0.05) is 26.7 Å². The van der Waals surface area contributed by atoms with Crippen LogP contribution in [0.3, 0.4) is 0 Å². The fourth-order valence-electron chi connectivity index (χ4n) is 2.54. The Morgan fingerprint density at radius 1 is 1.27 bits per heavy atom. The lowest BCUT2D eigenvalue weighted by atomic mass is 10.0. The van der Waals surface area contributed by atoms with Gasteiger partial charge in [0.2, 0.25) is 0 Å². The first-order chi connectivity index (χ1) is 7.02. The number of rotatable bonds is 6. The van der Waals surface area contributed by atoms with E-state index in [-0.39, 0.29) is 5.60 Å². The van der Waals surface area contributed by atoms with Crippen molar-refractivity contribution in [3.63, 3.8) is 0 Å². The Balaban J connectivity index is 2.14. The van der Waals surface area contributed by atoms with Gasteiger partial charge in [0.1, 0.15) is 0 Å². The normalized spacial score (nSPS) is 20.4. The van der Waals surface area contributed by atoms with Gasteiger partial charge in [0, 0.05) is 6.54 Å². The molecule has 2 nitrogen and oxygen atoms in total. The first kappa shape index (κ1) is 13.0. The molecule has 0 atom stereocenters. The first-order valence-corrected chi connectivity index (χ1v) is 6.43. The molecular weight excluding hydrogens is 186 g/mol. The predicted octanol–water partition coefficient (Wildman–Crippen LogP) is 2.66. The second-order valence-electron chi connectivity index (χ2n) is 5.71. The minimum absolute atomic E-state index is 0.368. The number of hydrogen-bond donors (Lipinski definition) is 1. The van der Waals surface area contributed by atoms with E-state index in [4.69, 9.17) is 0 Å². The zero-order valence-corrected chi connectivity index (χ0v) is 10.6. The van der Waals surface area contributed by atoms with Crippen molar-refractivity contribution in [2.75, 3.05) is 20.1 Å². The van der Waals surface area contributed by atoms with Crippen LogP contribution in [-0.2, 0) is 0 Å². The fraction of sp³-hybridized carbons (Fsp3) is 1.00. The van der Waals surface area contributed by atoms with Gasteiger partial charge in [0.05, 0.1) is 5.60 Å². The van der Waals surface area contributed by atoms with Gasteiger partial charge in [-0.05, 0) is 45.2 Å². The Morgan fingerprint density at radius 3 is 2.40 bits per heavy atom. The summed E-state index contributed by atoms with van der Waals surface area (Å²) in [5.74, 6) is 0.799. The third-order valence-corrected chi connectivity index (χ3v) is 3.42. The van der Waals surface area contributed by atoms with E-state index in [0.717, 1.165) is 31.8 Å². The molecule has 0 spiro atoms. The maximum Gasteiger partial charge on any atom is 0.0774 e. The largest absolute Gasteiger partial charge is 0.389 e.